The molecule has 0 amide bonds. The van der Waals surface area contributed by atoms with E-state index in [-0.39, 0.29) is 6.42 Å². The summed E-state index contributed by atoms with van der Waals surface area (Å²) in [5, 5.41) is 8.66. The van der Waals surface area contributed by atoms with Crippen LogP contribution in [0, 0.1) is 0 Å². The minimum atomic E-state index is -0.785. The molecule has 0 aliphatic heterocycles. The Morgan fingerprint density at radius 1 is 1.58 bits per heavy atom. The van der Waals surface area contributed by atoms with Gasteiger partial charge in [0, 0.05) is 7.05 Å². The van der Waals surface area contributed by atoms with Gasteiger partial charge in [0.25, 0.3) is 0 Å². The predicted molar refractivity (Wildman–Crippen MR) is 43.6 cm³/mol. The lowest BCUT2D eigenvalue weighted by Crippen LogP contribution is -2.36. The Balaban J connectivity index is 2.52. The third-order valence-electron chi connectivity index (χ3n) is 2.31. The number of nitrogens with one attached hydrogen (secondary N) is 1. The number of hydroxylamine groups is 1. The largest absolute Gasteiger partial charge is 0.481 e. The van der Waals surface area contributed by atoms with Crippen LogP contribution >= 0.6 is 0 Å². The van der Waals surface area contributed by atoms with Crippen molar-refractivity contribution in [3.05, 3.63) is 0 Å². The van der Waals surface area contributed by atoms with Crippen LogP contribution in [0.15, 0.2) is 0 Å². The summed E-state index contributed by atoms with van der Waals surface area (Å²) in [6.45, 7) is 0. The molecule has 0 saturated heterocycles. The van der Waals surface area contributed by atoms with Crippen LogP contribution in [0.3, 0.4) is 0 Å². The molecule has 0 radical (unpaired) electrons. The van der Waals surface area contributed by atoms with Crippen LogP contribution in [0.4, 0.5) is 0 Å². The molecule has 1 aliphatic carbocycles. The average Bonchev–Trinajstić information content (AvgIpc) is 2.36. The molecular weight excluding hydrogens is 158 g/mol. The number of rotatable bonds is 4. The summed E-state index contributed by atoms with van der Waals surface area (Å²) in [5.41, 5.74) is 2.15. The topological polar surface area (TPSA) is 58.6 Å². The molecule has 1 fully saturated rings. The molecular formula is C8H15NO3. The summed E-state index contributed by atoms with van der Waals surface area (Å²) >= 11 is 0. The van der Waals surface area contributed by atoms with E-state index in [1.54, 1.807) is 7.05 Å². The van der Waals surface area contributed by atoms with Crippen molar-refractivity contribution in [1.29, 1.82) is 0 Å². The highest BCUT2D eigenvalue weighted by molar-refractivity contribution is 5.68. The van der Waals surface area contributed by atoms with E-state index in [1.807, 2.05) is 0 Å². The first-order chi connectivity index (χ1) is 5.68. The Labute approximate surface area is 71.9 Å². The third kappa shape index (κ3) is 2.19. The van der Waals surface area contributed by atoms with Crippen molar-refractivity contribution in [2.45, 2.75) is 37.7 Å². The second-order valence-electron chi connectivity index (χ2n) is 3.27. The van der Waals surface area contributed by atoms with Gasteiger partial charge in [0.15, 0.2) is 0 Å². The molecule has 1 aliphatic rings. The van der Waals surface area contributed by atoms with Crippen molar-refractivity contribution in [2.75, 3.05) is 7.05 Å². The molecule has 1 saturated carbocycles. The van der Waals surface area contributed by atoms with Crippen LogP contribution in [0.25, 0.3) is 0 Å². The summed E-state index contributed by atoms with van der Waals surface area (Å²) in [5.74, 6) is -0.785. The van der Waals surface area contributed by atoms with Gasteiger partial charge in [0.05, 0.1) is 6.42 Å². The Bertz CT molecular complexity index is 164. The molecule has 1 rings (SSSR count). The maximum atomic E-state index is 10.5. The van der Waals surface area contributed by atoms with E-state index < -0.39 is 11.6 Å². The van der Waals surface area contributed by atoms with Gasteiger partial charge >= 0.3 is 5.97 Å². The van der Waals surface area contributed by atoms with Gasteiger partial charge in [-0.15, -0.1) is 0 Å². The third-order valence-corrected chi connectivity index (χ3v) is 2.31. The number of hydrogen-bond donors (Lipinski definition) is 2. The van der Waals surface area contributed by atoms with Gasteiger partial charge in [0.2, 0.25) is 0 Å². The van der Waals surface area contributed by atoms with Gasteiger partial charge in [-0.25, -0.2) is 5.48 Å². The van der Waals surface area contributed by atoms with Crippen molar-refractivity contribution < 1.29 is 14.7 Å². The van der Waals surface area contributed by atoms with Crippen LogP contribution in [0.1, 0.15) is 32.1 Å². The second kappa shape index (κ2) is 3.87. The number of aliphatic carboxylic acids is 1. The molecule has 2 N–H and O–H groups in total. The minimum Gasteiger partial charge on any atom is -0.481 e. The lowest BCUT2D eigenvalue weighted by Gasteiger charge is -2.25. The van der Waals surface area contributed by atoms with Crippen molar-refractivity contribution in [2.24, 2.45) is 0 Å². The Kier molecular flexibility index (Phi) is 3.05. The number of carbonyl (C=O) groups is 1. The first kappa shape index (κ1) is 9.48. The molecule has 0 unspecified atom stereocenters. The van der Waals surface area contributed by atoms with Gasteiger partial charge in [-0.3, -0.25) is 9.63 Å². The maximum absolute atomic E-state index is 10.5. The zero-order valence-corrected chi connectivity index (χ0v) is 7.30. The molecule has 4 nitrogen and oxygen atoms in total. The lowest BCUT2D eigenvalue weighted by atomic mass is 9.98. The SMILES string of the molecule is CNOC1(CC(=O)O)CCCC1. The smallest absolute Gasteiger partial charge is 0.306 e. The van der Waals surface area contributed by atoms with E-state index in [1.165, 1.54) is 0 Å². The summed E-state index contributed by atoms with van der Waals surface area (Å²) < 4.78 is 0. The Hall–Kier alpha value is -0.610. The second-order valence-corrected chi connectivity index (χ2v) is 3.27. The number of hydrogen-bond acceptors (Lipinski definition) is 3. The van der Waals surface area contributed by atoms with Gasteiger partial charge in [-0.2, -0.15) is 0 Å². The molecule has 0 atom stereocenters. The highest BCUT2D eigenvalue weighted by Gasteiger charge is 2.37. The first-order valence-electron chi connectivity index (χ1n) is 4.25. The molecule has 4 heteroatoms. The van der Waals surface area contributed by atoms with Crippen molar-refractivity contribution >= 4 is 5.97 Å². The van der Waals surface area contributed by atoms with E-state index in [9.17, 15) is 4.79 Å². The molecule has 0 aromatic heterocycles. The monoisotopic (exact) mass is 173 g/mol. The molecule has 0 aromatic carbocycles. The summed E-state index contributed by atoms with van der Waals surface area (Å²) in [6.07, 6.45) is 3.93. The maximum Gasteiger partial charge on any atom is 0.306 e. The Morgan fingerprint density at radius 3 is 2.58 bits per heavy atom. The summed E-state index contributed by atoms with van der Waals surface area (Å²) in [4.78, 5) is 15.8. The highest BCUT2D eigenvalue weighted by atomic mass is 16.7. The van der Waals surface area contributed by atoms with Crippen LogP contribution in [0.5, 0.6) is 0 Å². The first-order valence-corrected chi connectivity index (χ1v) is 4.25. The van der Waals surface area contributed by atoms with E-state index in [0.717, 1.165) is 25.7 Å². The molecule has 0 spiro atoms. The van der Waals surface area contributed by atoms with Crippen molar-refractivity contribution in [3.63, 3.8) is 0 Å². The molecule has 0 aromatic rings. The van der Waals surface area contributed by atoms with Crippen molar-refractivity contribution in [3.8, 4) is 0 Å². The molecule has 0 bridgehead atoms. The predicted octanol–water partition coefficient (Wildman–Crippen LogP) is 0.925. The van der Waals surface area contributed by atoms with Gasteiger partial charge in [-0.05, 0) is 12.8 Å². The van der Waals surface area contributed by atoms with E-state index >= 15 is 0 Å². The zero-order valence-electron chi connectivity index (χ0n) is 7.30. The molecule has 70 valence electrons. The summed E-state index contributed by atoms with van der Waals surface area (Å²) in [6, 6.07) is 0. The number of carboxylic acid groups (broad SMARTS) is 1. The molecule has 12 heavy (non-hydrogen) atoms. The number of carboxylic acids is 1. The van der Waals surface area contributed by atoms with Gasteiger partial charge in [-0.1, -0.05) is 12.8 Å². The van der Waals surface area contributed by atoms with Crippen LogP contribution < -0.4 is 5.48 Å². The standard InChI is InChI=1S/C8H15NO3/c1-9-12-8(6-7(10)11)4-2-3-5-8/h9H,2-6H2,1H3,(H,10,11). The summed E-state index contributed by atoms with van der Waals surface area (Å²) in [7, 11) is 1.67. The van der Waals surface area contributed by atoms with E-state index in [4.69, 9.17) is 9.94 Å². The zero-order chi connectivity index (χ0) is 9.03. The fourth-order valence-electron chi connectivity index (χ4n) is 1.83. The average molecular weight is 173 g/mol. The van der Waals surface area contributed by atoms with Crippen LogP contribution in [-0.2, 0) is 9.63 Å². The Morgan fingerprint density at radius 2 is 2.17 bits per heavy atom. The fourth-order valence-corrected chi connectivity index (χ4v) is 1.83. The van der Waals surface area contributed by atoms with Crippen LogP contribution in [-0.4, -0.2) is 23.7 Å². The van der Waals surface area contributed by atoms with Crippen molar-refractivity contribution in [1.82, 2.24) is 5.48 Å². The van der Waals surface area contributed by atoms with Gasteiger partial charge < -0.3 is 5.11 Å². The normalized spacial score (nSPS) is 21.1. The lowest BCUT2D eigenvalue weighted by molar-refractivity contribution is -0.151. The molecule has 0 heterocycles. The van der Waals surface area contributed by atoms with E-state index in [2.05, 4.69) is 5.48 Å². The fraction of sp³-hybridized carbons (Fsp3) is 0.875. The quantitative estimate of drug-likeness (QED) is 0.621. The van der Waals surface area contributed by atoms with Gasteiger partial charge in [0.1, 0.15) is 5.60 Å². The van der Waals surface area contributed by atoms with Crippen LogP contribution in [0.2, 0.25) is 0 Å². The minimum absolute atomic E-state index is 0.105. The van der Waals surface area contributed by atoms with E-state index in [0.29, 0.717) is 0 Å². The highest BCUT2D eigenvalue weighted by Crippen LogP contribution is 2.35.